The lowest BCUT2D eigenvalue weighted by Crippen LogP contribution is -2.36. The second kappa shape index (κ2) is 8.89. The normalized spacial score (nSPS) is 14.9. The number of aromatic nitrogens is 3. The number of pyridine rings is 1. The van der Waals surface area contributed by atoms with Crippen molar-refractivity contribution >= 4 is 23.2 Å². The summed E-state index contributed by atoms with van der Waals surface area (Å²) in [6.45, 7) is 4.90. The Balaban J connectivity index is 1.48. The highest BCUT2D eigenvalue weighted by Gasteiger charge is 2.30. The molecule has 0 fully saturated rings. The van der Waals surface area contributed by atoms with Crippen molar-refractivity contribution in [3.05, 3.63) is 86.3 Å². The zero-order valence-corrected chi connectivity index (χ0v) is 18.2. The second-order valence-corrected chi connectivity index (χ2v) is 8.33. The molecule has 0 saturated heterocycles. The van der Waals surface area contributed by atoms with Gasteiger partial charge in [-0.1, -0.05) is 40.9 Å². The van der Waals surface area contributed by atoms with Crippen molar-refractivity contribution < 1.29 is 4.79 Å². The molecule has 31 heavy (non-hydrogen) atoms. The zero-order valence-electron chi connectivity index (χ0n) is 17.5. The molecule has 7 nitrogen and oxygen atoms in total. The fourth-order valence-electron chi connectivity index (χ4n) is 4.00. The van der Waals surface area contributed by atoms with Crippen LogP contribution >= 0.6 is 11.6 Å². The molecule has 4 rings (SSSR count). The Morgan fingerprint density at radius 3 is 2.61 bits per heavy atom. The van der Waals surface area contributed by atoms with Crippen LogP contribution < -0.4 is 16.2 Å². The molecule has 1 aliphatic heterocycles. The summed E-state index contributed by atoms with van der Waals surface area (Å²) in [6, 6.07) is 7.45. The Kier molecular flexibility index (Phi) is 6.04. The first kappa shape index (κ1) is 21.1. The molecule has 8 heteroatoms. The third-order valence-corrected chi connectivity index (χ3v) is 5.53. The van der Waals surface area contributed by atoms with Crippen LogP contribution in [0, 0.1) is 13.8 Å². The van der Waals surface area contributed by atoms with E-state index in [1.54, 1.807) is 18.5 Å². The quantitative estimate of drug-likeness (QED) is 0.617. The number of amides is 1. The van der Waals surface area contributed by atoms with Crippen molar-refractivity contribution in [3.8, 4) is 0 Å². The predicted molar refractivity (Wildman–Crippen MR) is 120 cm³/mol. The summed E-state index contributed by atoms with van der Waals surface area (Å²) in [6.07, 6.45) is 5.88. The number of halogens is 1. The van der Waals surface area contributed by atoms with Gasteiger partial charge in [0.05, 0.1) is 11.2 Å². The number of rotatable bonds is 6. The van der Waals surface area contributed by atoms with Gasteiger partial charge in [0, 0.05) is 31.9 Å². The molecule has 160 valence electrons. The summed E-state index contributed by atoms with van der Waals surface area (Å²) in [5, 5.41) is 6.58. The molecule has 1 atom stereocenters. The monoisotopic (exact) mass is 437 g/mol. The van der Waals surface area contributed by atoms with E-state index < -0.39 is 6.04 Å². The first-order valence-corrected chi connectivity index (χ1v) is 10.6. The van der Waals surface area contributed by atoms with Crippen LogP contribution in [0.5, 0.6) is 0 Å². The number of benzene rings is 1. The highest BCUT2D eigenvalue weighted by molar-refractivity contribution is 6.30. The summed E-state index contributed by atoms with van der Waals surface area (Å²) in [5.41, 5.74) is 4.40. The van der Waals surface area contributed by atoms with E-state index >= 15 is 0 Å². The maximum absolute atomic E-state index is 13.1. The summed E-state index contributed by atoms with van der Waals surface area (Å²) in [5.74, 6) is 0.417. The van der Waals surface area contributed by atoms with E-state index in [2.05, 4.69) is 38.8 Å². The van der Waals surface area contributed by atoms with Gasteiger partial charge in [-0.25, -0.2) is 4.98 Å². The number of nitrogens with one attached hydrogen (secondary N) is 2. The van der Waals surface area contributed by atoms with Gasteiger partial charge >= 0.3 is 0 Å². The van der Waals surface area contributed by atoms with Crippen LogP contribution in [0.4, 0.5) is 5.69 Å². The maximum Gasteiger partial charge on any atom is 0.277 e. The van der Waals surface area contributed by atoms with Crippen LogP contribution in [0.25, 0.3) is 0 Å². The molecular weight excluding hydrogens is 414 g/mol. The molecule has 1 aliphatic rings. The average molecular weight is 438 g/mol. The Hall–Kier alpha value is -3.19. The van der Waals surface area contributed by atoms with E-state index in [0.717, 1.165) is 11.1 Å². The summed E-state index contributed by atoms with van der Waals surface area (Å²) in [4.78, 5) is 34.4. The van der Waals surface area contributed by atoms with Gasteiger partial charge < -0.3 is 10.6 Å². The number of carbonyl (C=O) groups is 1. The van der Waals surface area contributed by atoms with Crippen molar-refractivity contribution in [1.82, 2.24) is 19.9 Å². The molecule has 1 aromatic carbocycles. The molecule has 1 unspecified atom stereocenters. The van der Waals surface area contributed by atoms with Gasteiger partial charge in [0.25, 0.3) is 5.56 Å². The van der Waals surface area contributed by atoms with Crippen molar-refractivity contribution in [2.45, 2.75) is 45.8 Å². The fraction of sp³-hybridized carbons (Fsp3) is 0.304. The SMILES string of the molecule is Cc1cc(C)cc(CNc2cnc3n(c2=O)C(C(=O)NCc2cncc(Cl)c2)CC3)c1. The third-order valence-electron chi connectivity index (χ3n) is 5.32. The van der Waals surface area contributed by atoms with Gasteiger partial charge in [0.1, 0.15) is 17.6 Å². The van der Waals surface area contributed by atoms with E-state index in [9.17, 15) is 9.59 Å². The van der Waals surface area contributed by atoms with E-state index in [4.69, 9.17) is 11.6 Å². The topological polar surface area (TPSA) is 88.9 Å². The molecule has 0 radical (unpaired) electrons. The van der Waals surface area contributed by atoms with Gasteiger partial charge in [-0.15, -0.1) is 0 Å². The van der Waals surface area contributed by atoms with Crippen molar-refractivity contribution in [2.24, 2.45) is 0 Å². The molecule has 3 aromatic rings. The van der Waals surface area contributed by atoms with Crippen molar-refractivity contribution in [3.63, 3.8) is 0 Å². The summed E-state index contributed by atoms with van der Waals surface area (Å²) >= 11 is 5.95. The smallest absolute Gasteiger partial charge is 0.277 e. The molecule has 2 N–H and O–H groups in total. The largest absolute Gasteiger partial charge is 0.375 e. The van der Waals surface area contributed by atoms with Crippen molar-refractivity contribution in [2.75, 3.05) is 5.32 Å². The molecule has 3 heterocycles. The molecule has 1 amide bonds. The third kappa shape index (κ3) is 4.77. The Morgan fingerprint density at radius 1 is 1.10 bits per heavy atom. The van der Waals surface area contributed by atoms with Gasteiger partial charge in [0.2, 0.25) is 5.91 Å². The minimum atomic E-state index is -0.579. The summed E-state index contributed by atoms with van der Waals surface area (Å²) < 4.78 is 1.51. The van der Waals surface area contributed by atoms with Crippen LogP contribution in [0.15, 0.2) is 47.7 Å². The van der Waals surface area contributed by atoms with E-state index in [1.165, 1.54) is 21.9 Å². The number of anilines is 1. The lowest BCUT2D eigenvalue weighted by atomic mass is 10.1. The van der Waals surface area contributed by atoms with Crippen LogP contribution in [0.3, 0.4) is 0 Å². The number of nitrogens with zero attached hydrogens (tertiary/aromatic N) is 3. The fourth-order valence-corrected chi connectivity index (χ4v) is 4.20. The molecule has 0 spiro atoms. The van der Waals surface area contributed by atoms with Crippen LogP contribution in [0.1, 0.15) is 40.5 Å². The number of carbonyl (C=O) groups excluding carboxylic acids is 1. The first-order chi connectivity index (χ1) is 14.9. The molecule has 0 saturated carbocycles. The number of fused-ring (bicyclic) bond motifs is 1. The minimum Gasteiger partial charge on any atom is -0.375 e. The molecule has 0 bridgehead atoms. The van der Waals surface area contributed by atoms with Gasteiger partial charge in [0.15, 0.2) is 0 Å². The Morgan fingerprint density at radius 2 is 1.87 bits per heavy atom. The summed E-state index contributed by atoms with van der Waals surface area (Å²) in [7, 11) is 0. The number of aryl methyl sites for hydroxylation is 3. The standard InChI is InChI=1S/C23H24ClN5O2/c1-14-5-15(2)7-16(6-14)10-26-19-13-27-21-4-3-20(29(21)23(19)31)22(30)28-11-17-8-18(24)12-25-9-17/h5-9,12-13,20,26H,3-4,10-11H2,1-2H3,(H,28,30). The minimum absolute atomic E-state index is 0.214. The second-order valence-electron chi connectivity index (χ2n) is 7.90. The Labute approximate surface area is 185 Å². The first-order valence-electron chi connectivity index (χ1n) is 10.2. The highest BCUT2D eigenvalue weighted by Crippen LogP contribution is 2.23. The van der Waals surface area contributed by atoms with Crippen LogP contribution in [0.2, 0.25) is 5.02 Å². The van der Waals surface area contributed by atoms with E-state index in [0.29, 0.717) is 42.5 Å². The van der Waals surface area contributed by atoms with Gasteiger partial charge in [-0.05, 0) is 37.5 Å². The van der Waals surface area contributed by atoms with Gasteiger partial charge in [-0.3, -0.25) is 19.1 Å². The van der Waals surface area contributed by atoms with Crippen molar-refractivity contribution in [1.29, 1.82) is 0 Å². The lowest BCUT2D eigenvalue weighted by molar-refractivity contribution is -0.124. The number of hydrogen-bond donors (Lipinski definition) is 2. The number of hydrogen-bond acceptors (Lipinski definition) is 5. The molecular formula is C23H24ClN5O2. The van der Waals surface area contributed by atoms with Crippen LogP contribution in [-0.2, 0) is 24.3 Å². The lowest BCUT2D eigenvalue weighted by Gasteiger charge is -2.16. The highest BCUT2D eigenvalue weighted by atomic mass is 35.5. The predicted octanol–water partition coefficient (Wildman–Crippen LogP) is 3.32. The maximum atomic E-state index is 13.1. The average Bonchev–Trinajstić information content (AvgIpc) is 3.16. The zero-order chi connectivity index (χ0) is 22.0. The Bertz CT molecular complexity index is 1170. The molecule has 0 aliphatic carbocycles. The van der Waals surface area contributed by atoms with Crippen LogP contribution in [-0.4, -0.2) is 20.4 Å². The molecule has 2 aromatic heterocycles. The van der Waals surface area contributed by atoms with E-state index in [1.807, 2.05) is 13.8 Å². The van der Waals surface area contributed by atoms with Gasteiger partial charge in [-0.2, -0.15) is 0 Å². The van der Waals surface area contributed by atoms with E-state index in [-0.39, 0.29) is 11.5 Å².